The summed E-state index contributed by atoms with van der Waals surface area (Å²) in [5, 5.41) is 11.8. The van der Waals surface area contributed by atoms with Crippen LogP contribution in [0.25, 0.3) is 10.6 Å². The molecule has 5 nitrogen and oxygen atoms in total. The monoisotopic (exact) mass is 327 g/mol. The second-order valence-electron chi connectivity index (χ2n) is 4.90. The number of aromatic nitrogens is 2. The first kappa shape index (κ1) is 15.3. The zero-order chi connectivity index (χ0) is 16.1. The van der Waals surface area contributed by atoms with Gasteiger partial charge in [-0.25, -0.2) is 0 Å². The van der Waals surface area contributed by atoms with Crippen LogP contribution in [0.5, 0.6) is 5.75 Å². The molecular formula is C17H17N3O2S. The fraction of sp³-hybridized carbons (Fsp3) is 0.176. The predicted octanol–water partition coefficient (Wildman–Crippen LogP) is 3.47. The summed E-state index contributed by atoms with van der Waals surface area (Å²) in [4.78, 5) is 13.2. The van der Waals surface area contributed by atoms with Gasteiger partial charge in [-0.05, 0) is 42.1 Å². The number of carbonyl (C=O) groups excluding carboxylic acids is 1. The lowest BCUT2D eigenvalue weighted by atomic mass is 10.2. The van der Waals surface area contributed by atoms with Crippen molar-refractivity contribution in [1.82, 2.24) is 15.5 Å². The number of rotatable bonds is 6. The highest BCUT2D eigenvalue weighted by molar-refractivity contribution is 7.13. The molecule has 23 heavy (non-hydrogen) atoms. The van der Waals surface area contributed by atoms with Gasteiger partial charge in [-0.3, -0.25) is 9.89 Å². The molecule has 3 aromatic rings. The van der Waals surface area contributed by atoms with Crippen LogP contribution < -0.4 is 10.1 Å². The zero-order valence-corrected chi connectivity index (χ0v) is 13.5. The topological polar surface area (TPSA) is 67.0 Å². The van der Waals surface area contributed by atoms with Gasteiger partial charge in [-0.1, -0.05) is 18.2 Å². The maximum atomic E-state index is 12.2. The molecule has 1 amide bonds. The number of amides is 1. The van der Waals surface area contributed by atoms with Crippen molar-refractivity contribution < 1.29 is 9.53 Å². The van der Waals surface area contributed by atoms with Crippen molar-refractivity contribution in [2.45, 2.75) is 13.5 Å². The van der Waals surface area contributed by atoms with Crippen LogP contribution in [-0.4, -0.2) is 22.7 Å². The zero-order valence-electron chi connectivity index (χ0n) is 12.7. The number of thiophene rings is 1. The van der Waals surface area contributed by atoms with Crippen molar-refractivity contribution in [2.75, 3.05) is 6.61 Å². The van der Waals surface area contributed by atoms with Gasteiger partial charge in [0.25, 0.3) is 5.91 Å². The normalized spacial score (nSPS) is 10.5. The maximum absolute atomic E-state index is 12.2. The second kappa shape index (κ2) is 7.11. The minimum Gasteiger partial charge on any atom is -0.494 e. The van der Waals surface area contributed by atoms with Crippen molar-refractivity contribution in [3.8, 4) is 16.3 Å². The standard InChI is InChI=1S/C17H17N3O2S/c1-2-22-13-7-5-12(6-8-13)11-18-17(21)15-10-14(19-20-15)16-4-3-9-23-16/h3-10H,2,11H2,1H3,(H,18,21)(H,19,20). The van der Waals surface area contributed by atoms with Crippen LogP contribution in [0.15, 0.2) is 47.8 Å². The SMILES string of the molecule is CCOc1ccc(CNC(=O)c2cc(-c3cccs3)[nH]n2)cc1. The molecule has 0 radical (unpaired) electrons. The smallest absolute Gasteiger partial charge is 0.272 e. The third-order valence-electron chi connectivity index (χ3n) is 3.28. The van der Waals surface area contributed by atoms with E-state index in [1.54, 1.807) is 17.4 Å². The number of benzene rings is 1. The van der Waals surface area contributed by atoms with Crippen molar-refractivity contribution in [3.63, 3.8) is 0 Å². The Morgan fingerprint density at radius 2 is 2.13 bits per heavy atom. The molecule has 0 saturated heterocycles. The number of hydrogen-bond acceptors (Lipinski definition) is 4. The first-order valence-electron chi connectivity index (χ1n) is 7.35. The lowest BCUT2D eigenvalue weighted by Gasteiger charge is -2.06. The van der Waals surface area contributed by atoms with Gasteiger partial charge in [0.15, 0.2) is 5.69 Å². The lowest BCUT2D eigenvalue weighted by Crippen LogP contribution is -2.23. The van der Waals surface area contributed by atoms with E-state index in [2.05, 4.69) is 15.5 Å². The molecule has 2 N–H and O–H groups in total. The van der Waals surface area contributed by atoms with E-state index in [1.165, 1.54) is 0 Å². The molecule has 118 valence electrons. The molecule has 0 aliphatic carbocycles. The predicted molar refractivity (Wildman–Crippen MR) is 90.7 cm³/mol. The van der Waals surface area contributed by atoms with Crippen LogP contribution in [0.2, 0.25) is 0 Å². The van der Waals surface area contributed by atoms with Crippen molar-refractivity contribution in [2.24, 2.45) is 0 Å². The quantitative estimate of drug-likeness (QED) is 0.728. The molecule has 0 bridgehead atoms. The van der Waals surface area contributed by atoms with E-state index in [1.807, 2.05) is 48.7 Å². The summed E-state index contributed by atoms with van der Waals surface area (Å²) < 4.78 is 5.39. The Morgan fingerprint density at radius 3 is 2.83 bits per heavy atom. The third kappa shape index (κ3) is 3.78. The van der Waals surface area contributed by atoms with E-state index < -0.39 is 0 Å². The molecular weight excluding hydrogens is 310 g/mol. The fourth-order valence-electron chi connectivity index (χ4n) is 2.14. The van der Waals surface area contributed by atoms with Crippen LogP contribution in [0.4, 0.5) is 0 Å². The molecule has 6 heteroatoms. The number of nitrogens with zero attached hydrogens (tertiary/aromatic N) is 1. The number of ether oxygens (including phenoxy) is 1. The summed E-state index contributed by atoms with van der Waals surface area (Å²) in [5.41, 5.74) is 2.25. The van der Waals surface area contributed by atoms with Gasteiger partial charge in [-0.15, -0.1) is 11.3 Å². The van der Waals surface area contributed by atoms with E-state index in [0.29, 0.717) is 18.8 Å². The largest absolute Gasteiger partial charge is 0.494 e. The number of hydrogen-bond donors (Lipinski definition) is 2. The van der Waals surface area contributed by atoms with E-state index in [0.717, 1.165) is 21.9 Å². The van der Waals surface area contributed by atoms with E-state index in [-0.39, 0.29) is 5.91 Å². The first-order chi connectivity index (χ1) is 11.3. The number of nitrogens with one attached hydrogen (secondary N) is 2. The Bertz CT molecular complexity index is 764. The molecule has 2 aromatic heterocycles. The summed E-state index contributed by atoms with van der Waals surface area (Å²) in [6.45, 7) is 3.04. The Morgan fingerprint density at radius 1 is 1.30 bits per heavy atom. The van der Waals surface area contributed by atoms with Crippen molar-refractivity contribution in [3.05, 3.63) is 59.1 Å². The summed E-state index contributed by atoms with van der Waals surface area (Å²) in [6, 6.07) is 13.4. The molecule has 0 atom stereocenters. The molecule has 0 aliphatic rings. The third-order valence-corrected chi connectivity index (χ3v) is 4.19. The Labute approximate surface area is 138 Å². The number of aromatic amines is 1. The molecule has 0 fully saturated rings. The molecule has 1 aromatic carbocycles. The van der Waals surface area contributed by atoms with Gasteiger partial charge in [-0.2, -0.15) is 5.10 Å². The van der Waals surface area contributed by atoms with E-state index >= 15 is 0 Å². The highest BCUT2D eigenvalue weighted by Crippen LogP contribution is 2.22. The van der Waals surface area contributed by atoms with Crippen LogP contribution in [-0.2, 0) is 6.54 Å². The summed E-state index contributed by atoms with van der Waals surface area (Å²) in [7, 11) is 0. The van der Waals surface area contributed by atoms with E-state index in [9.17, 15) is 4.79 Å². The highest BCUT2D eigenvalue weighted by atomic mass is 32.1. The summed E-state index contributed by atoms with van der Waals surface area (Å²) in [6.07, 6.45) is 0. The Kier molecular flexibility index (Phi) is 4.73. The second-order valence-corrected chi connectivity index (χ2v) is 5.85. The minimum atomic E-state index is -0.196. The average molecular weight is 327 g/mol. The molecule has 0 aliphatic heterocycles. The summed E-state index contributed by atoms with van der Waals surface area (Å²) in [5.74, 6) is 0.633. The van der Waals surface area contributed by atoms with Gasteiger partial charge in [0.2, 0.25) is 0 Å². The molecule has 0 unspecified atom stereocenters. The fourth-order valence-corrected chi connectivity index (χ4v) is 2.83. The Hall–Kier alpha value is -2.60. The first-order valence-corrected chi connectivity index (χ1v) is 8.23. The van der Waals surface area contributed by atoms with Gasteiger partial charge < -0.3 is 10.1 Å². The van der Waals surface area contributed by atoms with Crippen LogP contribution in [0.1, 0.15) is 23.0 Å². The Balaban J connectivity index is 1.59. The van der Waals surface area contributed by atoms with Crippen LogP contribution in [0, 0.1) is 0 Å². The van der Waals surface area contributed by atoms with Gasteiger partial charge >= 0.3 is 0 Å². The minimum absolute atomic E-state index is 0.196. The molecule has 0 saturated carbocycles. The summed E-state index contributed by atoms with van der Waals surface area (Å²) >= 11 is 1.60. The number of H-pyrrole nitrogens is 1. The highest BCUT2D eigenvalue weighted by Gasteiger charge is 2.11. The van der Waals surface area contributed by atoms with Gasteiger partial charge in [0, 0.05) is 6.54 Å². The van der Waals surface area contributed by atoms with Crippen LogP contribution >= 0.6 is 11.3 Å². The van der Waals surface area contributed by atoms with Gasteiger partial charge in [0.05, 0.1) is 17.2 Å². The van der Waals surface area contributed by atoms with E-state index in [4.69, 9.17) is 4.74 Å². The molecule has 0 spiro atoms. The lowest BCUT2D eigenvalue weighted by molar-refractivity contribution is 0.0946. The van der Waals surface area contributed by atoms with Crippen LogP contribution in [0.3, 0.4) is 0 Å². The molecule has 2 heterocycles. The van der Waals surface area contributed by atoms with Crippen molar-refractivity contribution in [1.29, 1.82) is 0 Å². The maximum Gasteiger partial charge on any atom is 0.272 e. The van der Waals surface area contributed by atoms with Gasteiger partial charge in [0.1, 0.15) is 5.75 Å². The molecule has 3 rings (SSSR count). The van der Waals surface area contributed by atoms with Crippen molar-refractivity contribution >= 4 is 17.2 Å². The number of carbonyl (C=O) groups is 1. The average Bonchev–Trinajstić information content (AvgIpc) is 3.25.